The van der Waals surface area contributed by atoms with Crippen LogP contribution in [0.3, 0.4) is 0 Å². The van der Waals surface area contributed by atoms with E-state index in [0.29, 0.717) is 5.92 Å². The molecule has 0 heterocycles. The van der Waals surface area contributed by atoms with E-state index in [2.05, 4.69) is 17.0 Å². The summed E-state index contributed by atoms with van der Waals surface area (Å²) in [6.07, 6.45) is 3.51. The van der Waals surface area contributed by atoms with E-state index in [1.54, 1.807) is 0 Å². The van der Waals surface area contributed by atoms with Gasteiger partial charge in [0.2, 0.25) is 10.0 Å². The van der Waals surface area contributed by atoms with Crippen LogP contribution < -0.4 is 10.0 Å². The van der Waals surface area contributed by atoms with Crippen molar-refractivity contribution in [2.24, 2.45) is 5.92 Å². The van der Waals surface area contributed by atoms with E-state index in [-0.39, 0.29) is 11.8 Å². The summed E-state index contributed by atoms with van der Waals surface area (Å²) in [6.45, 7) is 5.79. The Bertz CT molecular complexity index is 536. The maximum absolute atomic E-state index is 12.2. The van der Waals surface area contributed by atoms with Crippen LogP contribution in [0.1, 0.15) is 44.2 Å². The van der Waals surface area contributed by atoms with E-state index in [4.69, 9.17) is 0 Å². The number of hydrogen-bond donors (Lipinski definition) is 2. The molecule has 1 aliphatic carbocycles. The van der Waals surface area contributed by atoms with Gasteiger partial charge in [-0.1, -0.05) is 37.6 Å². The van der Waals surface area contributed by atoms with E-state index in [9.17, 15) is 8.42 Å². The Morgan fingerprint density at radius 1 is 1.19 bits per heavy atom. The largest absolute Gasteiger partial charge is 0.313 e. The average molecular weight is 310 g/mol. The third kappa shape index (κ3) is 5.09. The summed E-state index contributed by atoms with van der Waals surface area (Å²) in [5, 5.41) is 3.25. The molecule has 4 nitrogen and oxygen atoms in total. The summed E-state index contributed by atoms with van der Waals surface area (Å²) in [7, 11) is -3.25. The first-order chi connectivity index (χ1) is 10.00. The van der Waals surface area contributed by atoms with Gasteiger partial charge in [-0.05, 0) is 43.4 Å². The third-order valence-corrected chi connectivity index (χ3v) is 5.63. The second-order valence-corrected chi connectivity index (χ2v) is 7.71. The Morgan fingerprint density at radius 3 is 2.33 bits per heavy atom. The van der Waals surface area contributed by atoms with Crippen LogP contribution in [0.4, 0.5) is 0 Å². The quantitative estimate of drug-likeness (QED) is 0.775. The Hall–Kier alpha value is -0.910. The fourth-order valence-electron chi connectivity index (χ4n) is 2.60. The van der Waals surface area contributed by atoms with Gasteiger partial charge in [-0.25, -0.2) is 13.1 Å². The number of nitrogens with one attached hydrogen (secondary N) is 2. The van der Waals surface area contributed by atoms with Crippen molar-refractivity contribution in [2.45, 2.75) is 51.4 Å². The fourth-order valence-corrected chi connectivity index (χ4v) is 4.08. The molecule has 1 aromatic carbocycles. The van der Waals surface area contributed by atoms with Crippen molar-refractivity contribution in [2.75, 3.05) is 6.54 Å². The third-order valence-electron chi connectivity index (χ3n) is 4.18. The molecule has 0 spiro atoms. The molecule has 1 saturated carbocycles. The Morgan fingerprint density at radius 2 is 1.81 bits per heavy atom. The van der Waals surface area contributed by atoms with Crippen molar-refractivity contribution >= 4 is 10.0 Å². The minimum absolute atomic E-state index is 0.0526. The van der Waals surface area contributed by atoms with Crippen LogP contribution in [-0.4, -0.2) is 21.0 Å². The smallest absolute Gasteiger partial charge is 0.216 e. The first-order valence-corrected chi connectivity index (χ1v) is 9.44. The number of benzene rings is 1. The van der Waals surface area contributed by atoms with Gasteiger partial charge < -0.3 is 5.32 Å². The molecule has 1 atom stereocenters. The van der Waals surface area contributed by atoms with E-state index in [1.165, 1.54) is 12.0 Å². The predicted octanol–water partition coefficient (Wildman–Crippen LogP) is 2.40. The number of hydrogen-bond acceptors (Lipinski definition) is 3. The molecule has 0 amide bonds. The molecule has 1 fully saturated rings. The zero-order chi connectivity index (χ0) is 15.3. The summed E-state index contributed by atoms with van der Waals surface area (Å²) < 4.78 is 27.2. The SMILES string of the molecule is CCNCc1ccc(CS(=O)(=O)NC(C)C2CCC2)cc1. The van der Waals surface area contributed by atoms with Crippen LogP contribution >= 0.6 is 0 Å². The summed E-state index contributed by atoms with van der Waals surface area (Å²) in [5.74, 6) is 0.577. The van der Waals surface area contributed by atoms with Crippen LogP contribution in [0.5, 0.6) is 0 Å². The predicted molar refractivity (Wildman–Crippen MR) is 86.4 cm³/mol. The molecule has 21 heavy (non-hydrogen) atoms. The molecule has 0 saturated heterocycles. The van der Waals surface area contributed by atoms with Crippen LogP contribution in [0.15, 0.2) is 24.3 Å². The van der Waals surface area contributed by atoms with Crippen LogP contribution in [0.2, 0.25) is 0 Å². The van der Waals surface area contributed by atoms with Crippen molar-refractivity contribution in [3.8, 4) is 0 Å². The van der Waals surface area contributed by atoms with Gasteiger partial charge in [-0.3, -0.25) is 0 Å². The lowest BCUT2D eigenvalue weighted by Crippen LogP contribution is -2.41. The van der Waals surface area contributed by atoms with Gasteiger partial charge in [0.15, 0.2) is 0 Å². The van der Waals surface area contributed by atoms with Gasteiger partial charge in [0.05, 0.1) is 5.75 Å². The van der Waals surface area contributed by atoms with E-state index >= 15 is 0 Å². The molecule has 1 unspecified atom stereocenters. The molecular weight excluding hydrogens is 284 g/mol. The first-order valence-electron chi connectivity index (χ1n) is 7.78. The molecule has 0 radical (unpaired) electrons. The van der Waals surface area contributed by atoms with E-state index in [0.717, 1.165) is 31.5 Å². The minimum Gasteiger partial charge on any atom is -0.313 e. The average Bonchev–Trinajstić information content (AvgIpc) is 2.34. The van der Waals surface area contributed by atoms with Crippen molar-refractivity contribution in [1.82, 2.24) is 10.0 Å². The molecule has 118 valence electrons. The van der Waals surface area contributed by atoms with Gasteiger partial charge in [0.1, 0.15) is 0 Å². The Labute approximate surface area is 128 Å². The maximum Gasteiger partial charge on any atom is 0.216 e. The minimum atomic E-state index is -3.25. The van der Waals surface area contributed by atoms with Gasteiger partial charge in [-0.2, -0.15) is 0 Å². The van der Waals surface area contributed by atoms with Gasteiger partial charge in [-0.15, -0.1) is 0 Å². The van der Waals surface area contributed by atoms with Gasteiger partial charge >= 0.3 is 0 Å². The Balaban J connectivity index is 1.89. The van der Waals surface area contributed by atoms with Gasteiger partial charge in [0.25, 0.3) is 0 Å². The van der Waals surface area contributed by atoms with Crippen molar-refractivity contribution in [3.05, 3.63) is 35.4 Å². The highest BCUT2D eigenvalue weighted by molar-refractivity contribution is 7.88. The molecule has 0 aliphatic heterocycles. The highest BCUT2D eigenvalue weighted by atomic mass is 32.2. The van der Waals surface area contributed by atoms with E-state index in [1.807, 2.05) is 31.2 Å². The highest BCUT2D eigenvalue weighted by Crippen LogP contribution is 2.29. The molecule has 1 aliphatic rings. The summed E-state index contributed by atoms with van der Waals surface area (Å²) in [5.41, 5.74) is 2.01. The summed E-state index contributed by atoms with van der Waals surface area (Å²) >= 11 is 0. The fraction of sp³-hybridized carbons (Fsp3) is 0.625. The standard InChI is InChI=1S/C16H26N2O2S/c1-3-17-11-14-7-9-15(10-8-14)12-21(19,20)18-13(2)16-5-4-6-16/h7-10,13,16-18H,3-6,11-12H2,1-2H3. The maximum atomic E-state index is 12.2. The highest BCUT2D eigenvalue weighted by Gasteiger charge is 2.27. The molecule has 0 aromatic heterocycles. The zero-order valence-electron chi connectivity index (χ0n) is 12.9. The monoisotopic (exact) mass is 310 g/mol. The van der Waals surface area contributed by atoms with Crippen LogP contribution in [0, 0.1) is 5.92 Å². The number of rotatable bonds is 8. The molecule has 5 heteroatoms. The summed E-state index contributed by atoms with van der Waals surface area (Å²) in [6, 6.07) is 7.84. The van der Waals surface area contributed by atoms with Crippen molar-refractivity contribution < 1.29 is 8.42 Å². The second-order valence-electron chi connectivity index (χ2n) is 5.95. The van der Waals surface area contributed by atoms with Crippen molar-refractivity contribution in [1.29, 1.82) is 0 Å². The molecular formula is C16H26N2O2S. The zero-order valence-corrected chi connectivity index (χ0v) is 13.7. The number of sulfonamides is 1. The van der Waals surface area contributed by atoms with Crippen LogP contribution in [-0.2, 0) is 22.3 Å². The second kappa shape index (κ2) is 7.38. The first kappa shape index (κ1) is 16.5. The molecule has 0 bridgehead atoms. The van der Waals surface area contributed by atoms with Crippen molar-refractivity contribution in [3.63, 3.8) is 0 Å². The van der Waals surface area contributed by atoms with Gasteiger partial charge in [0, 0.05) is 12.6 Å². The molecule has 2 rings (SSSR count). The lowest BCUT2D eigenvalue weighted by molar-refractivity contribution is 0.260. The Kier molecular flexibility index (Phi) is 5.79. The lowest BCUT2D eigenvalue weighted by Gasteiger charge is -2.31. The lowest BCUT2D eigenvalue weighted by atomic mass is 9.81. The molecule has 2 N–H and O–H groups in total. The normalized spacial score (nSPS) is 17.4. The summed E-state index contributed by atoms with van der Waals surface area (Å²) in [4.78, 5) is 0. The topological polar surface area (TPSA) is 58.2 Å². The van der Waals surface area contributed by atoms with Crippen LogP contribution in [0.25, 0.3) is 0 Å². The van der Waals surface area contributed by atoms with E-state index < -0.39 is 10.0 Å². The molecule has 1 aromatic rings.